The van der Waals surface area contributed by atoms with E-state index in [0.29, 0.717) is 5.75 Å². The molecule has 0 N–H and O–H groups in total. The van der Waals surface area contributed by atoms with Gasteiger partial charge in [-0.15, -0.1) is 0 Å². The van der Waals surface area contributed by atoms with Gasteiger partial charge in [-0.3, -0.25) is 4.79 Å². The Balaban J connectivity index is 2.81. The van der Waals surface area contributed by atoms with Gasteiger partial charge in [-0.25, -0.2) is 0 Å². The second-order valence-corrected chi connectivity index (χ2v) is 6.83. The minimum atomic E-state index is -0.378. The van der Waals surface area contributed by atoms with Crippen LogP contribution in [0.1, 0.15) is 66.4 Å². The van der Waals surface area contributed by atoms with Crippen LogP contribution in [-0.2, 0) is 10.2 Å². The molecule has 0 saturated heterocycles. The predicted octanol–water partition coefficient (Wildman–Crippen LogP) is 5.11. The summed E-state index contributed by atoms with van der Waals surface area (Å²) < 4.78 is 5.55. The lowest BCUT2D eigenvalue weighted by Crippen LogP contribution is -2.31. The van der Waals surface area contributed by atoms with Crippen molar-refractivity contribution in [1.29, 1.82) is 0 Å². The minimum Gasteiger partial charge on any atom is -0.426 e. The van der Waals surface area contributed by atoms with Crippen LogP contribution in [0.25, 0.3) is 0 Å². The van der Waals surface area contributed by atoms with Crippen LogP contribution in [0.15, 0.2) is 24.3 Å². The molecule has 1 rings (SSSR count). The topological polar surface area (TPSA) is 26.3 Å². The molecular weight excluding hydrogens is 248 g/mol. The van der Waals surface area contributed by atoms with E-state index in [0.717, 1.165) is 19.3 Å². The first-order valence-electron chi connectivity index (χ1n) is 7.56. The molecule has 1 unspecified atom stereocenters. The van der Waals surface area contributed by atoms with Crippen LogP contribution in [-0.4, -0.2) is 5.97 Å². The molecule has 0 heterocycles. The zero-order valence-corrected chi connectivity index (χ0v) is 13.7. The smallest absolute Gasteiger partial charge is 0.317 e. The van der Waals surface area contributed by atoms with Gasteiger partial charge in [0.1, 0.15) is 5.75 Å². The third-order valence-corrected chi connectivity index (χ3v) is 4.01. The zero-order valence-electron chi connectivity index (χ0n) is 13.7. The SMILES string of the molecule is CCCC(C)(CC)C(=O)Oc1ccc(C(C)(C)C)cc1. The zero-order chi connectivity index (χ0) is 15.4. The highest BCUT2D eigenvalue weighted by Crippen LogP contribution is 2.30. The molecule has 2 heteroatoms. The lowest BCUT2D eigenvalue weighted by molar-refractivity contribution is -0.145. The Labute approximate surface area is 123 Å². The summed E-state index contributed by atoms with van der Waals surface area (Å²) in [6, 6.07) is 7.85. The monoisotopic (exact) mass is 276 g/mol. The first-order valence-corrected chi connectivity index (χ1v) is 7.56. The maximum Gasteiger partial charge on any atom is 0.317 e. The van der Waals surface area contributed by atoms with Crippen molar-refractivity contribution in [2.24, 2.45) is 5.41 Å². The van der Waals surface area contributed by atoms with Gasteiger partial charge in [-0.1, -0.05) is 53.2 Å². The van der Waals surface area contributed by atoms with E-state index < -0.39 is 0 Å². The number of ether oxygens (including phenoxy) is 1. The molecule has 0 aliphatic carbocycles. The minimum absolute atomic E-state index is 0.114. The first kappa shape index (κ1) is 16.7. The van der Waals surface area contributed by atoms with Gasteiger partial charge in [0.25, 0.3) is 0 Å². The quantitative estimate of drug-likeness (QED) is 0.552. The van der Waals surface area contributed by atoms with Crippen LogP contribution in [0, 0.1) is 5.41 Å². The summed E-state index contributed by atoms with van der Waals surface area (Å²) in [6.45, 7) is 12.6. The molecule has 0 amide bonds. The molecule has 0 aromatic heterocycles. The van der Waals surface area contributed by atoms with Crippen molar-refractivity contribution >= 4 is 5.97 Å². The molecule has 1 atom stereocenters. The molecular formula is C18H28O2. The normalized spacial score (nSPS) is 14.7. The highest BCUT2D eigenvalue weighted by atomic mass is 16.5. The predicted molar refractivity (Wildman–Crippen MR) is 84.1 cm³/mol. The van der Waals surface area contributed by atoms with Gasteiger partial charge in [0.05, 0.1) is 5.41 Å². The standard InChI is InChI=1S/C18H28O2/c1-7-13-18(6,8-2)16(19)20-15-11-9-14(10-12-15)17(3,4)5/h9-12H,7-8,13H2,1-6H3. The molecule has 0 saturated carbocycles. The van der Waals surface area contributed by atoms with Gasteiger partial charge < -0.3 is 4.74 Å². The van der Waals surface area contributed by atoms with Crippen molar-refractivity contribution in [3.63, 3.8) is 0 Å². The van der Waals surface area contributed by atoms with Crippen molar-refractivity contribution in [2.45, 2.75) is 66.2 Å². The number of hydrogen-bond acceptors (Lipinski definition) is 2. The number of benzene rings is 1. The summed E-state index contributed by atoms with van der Waals surface area (Å²) in [5.41, 5.74) is 0.976. The summed E-state index contributed by atoms with van der Waals surface area (Å²) in [4.78, 5) is 12.3. The number of carbonyl (C=O) groups is 1. The Morgan fingerprint density at radius 1 is 1.05 bits per heavy atom. The van der Waals surface area contributed by atoms with E-state index in [1.54, 1.807) is 0 Å². The van der Waals surface area contributed by atoms with E-state index in [4.69, 9.17) is 4.74 Å². The van der Waals surface area contributed by atoms with Crippen molar-refractivity contribution in [3.05, 3.63) is 29.8 Å². The summed E-state index contributed by atoms with van der Waals surface area (Å²) in [5, 5.41) is 0. The summed E-state index contributed by atoms with van der Waals surface area (Å²) in [5.74, 6) is 0.518. The van der Waals surface area contributed by atoms with E-state index in [1.807, 2.05) is 38.1 Å². The summed E-state index contributed by atoms with van der Waals surface area (Å²) in [7, 11) is 0. The number of carbonyl (C=O) groups excluding carboxylic acids is 1. The Kier molecular flexibility index (Phi) is 5.38. The van der Waals surface area contributed by atoms with Crippen LogP contribution in [0.3, 0.4) is 0 Å². The van der Waals surface area contributed by atoms with Crippen molar-refractivity contribution in [3.8, 4) is 5.75 Å². The second kappa shape index (κ2) is 6.43. The van der Waals surface area contributed by atoms with Crippen LogP contribution >= 0.6 is 0 Å². The number of hydrogen-bond donors (Lipinski definition) is 0. The molecule has 0 fully saturated rings. The Morgan fingerprint density at radius 3 is 2.00 bits per heavy atom. The largest absolute Gasteiger partial charge is 0.426 e. The third-order valence-electron chi connectivity index (χ3n) is 4.01. The Morgan fingerprint density at radius 2 is 1.60 bits per heavy atom. The lowest BCUT2D eigenvalue weighted by atomic mass is 9.83. The molecule has 1 aromatic rings. The molecule has 0 aliphatic heterocycles. The fourth-order valence-electron chi connectivity index (χ4n) is 2.23. The van der Waals surface area contributed by atoms with E-state index in [2.05, 4.69) is 27.7 Å². The molecule has 0 aliphatic rings. The maximum atomic E-state index is 12.3. The molecule has 0 radical (unpaired) electrons. The average Bonchev–Trinajstić information content (AvgIpc) is 2.38. The molecule has 112 valence electrons. The average molecular weight is 276 g/mol. The van der Waals surface area contributed by atoms with Crippen LogP contribution in [0.2, 0.25) is 0 Å². The second-order valence-electron chi connectivity index (χ2n) is 6.83. The highest BCUT2D eigenvalue weighted by molar-refractivity contribution is 5.78. The Bertz CT molecular complexity index is 439. The van der Waals surface area contributed by atoms with Crippen LogP contribution in [0.4, 0.5) is 0 Å². The Hall–Kier alpha value is -1.31. The van der Waals surface area contributed by atoms with Crippen LogP contribution in [0.5, 0.6) is 5.75 Å². The van der Waals surface area contributed by atoms with Gasteiger partial charge in [0.2, 0.25) is 0 Å². The molecule has 2 nitrogen and oxygen atoms in total. The van der Waals surface area contributed by atoms with E-state index >= 15 is 0 Å². The fourth-order valence-corrected chi connectivity index (χ4v) is 2.23. The van der Waals surface area contributed by atoms with E-state index in [1.165, 1.54) is 5.56 Å². The molecule has 0 bridgehead atoms. The summed E-state index contributed by atoms with van der Waals surface area (Å²) in [6.07, 6.45) is 2.66. The number of rotatable bonds is 5. The van der Waals surface area contributed by atoms with Gasteiger partial charge in [-0.2, -0.15) is 0 Å². The first-order chi connectivity index (χ1) is 9.23. The van der Waals surface area contributed by atoms with Gasteiger partial charge >= 0.3 is 5.97 Å². The van der Waals surface area contributed by atoms with Crippen molar-refractivity contribution in [1.82, 2.24) is 0 Å². The number of esters is 1. The third kappa shape index (κ3) is 4.09. The maximum absolute atomic E-state index is 12.3. The van der Waals surface area contributed by atoms with Crippen LogP contribution < -0.4 is 4.74 Å². The highest BCUT2D eigenvalue weighted by Gasteiger charge is 2.32. The van der Waals surface area contributed by atoms with Crippen molar-refractivity contribution < 1.29 is 9.53 Å². The van der Waals surface area contributed by atoms with Gasteiger partial charge in [0.15, 0.2) is 0 Å². The van der Waals surface area contributed by atoms with Gasteiger partial charge in [0, 0.05) is 0 Å². The van der Waals surface area contributed by atoms with Gasteiger partial charge in [-0.05, 0) is 42.9 Å². The van der Waals surface area contributed by atoms with E-state index in [-0.39, 0.29) is 16.8 Å². The lowest BCUT2D eigenvalue weighted by Gasteiger charge is -2.25. The molecule has 0 spiro atoms. The van der Waals surface area contributed by atoms with E-state index in [9.17, 15) is 4.79 Å². The van der Waals surface area contributed by atoms with Crippen molar-refractivity contribution in [2.75, 3.05) is 0 Å². The summed E-state index contributed by atoms with van der Waals surface area (Å²) >= 11 is 0. The fraction of sp³-hybridized carbons (Fsp3) is 0.611. The molecule has 20 heavy (non-hydrogen) atoms. The molecule has 1 aromatic carbocycles.